The number of nitrogens with zero attached hydrogens (tertiary/aromatic N) is 1. The van der Waals surface area contributed by atoms with E-state index >= 15 is 0 Å². The summed E-state index contributed by atoms with van der Waals surface area (Å²) in [6.07, 6.45) is 3.48. The summed E-state index contributed by atoms with van der Waals surface area (Å²) in [4.78, 5) is 13.8. The molecular weight excluding hydrogens is 286 g/mol. The Morgan fingerprint density at radius 3 is 2.81 bits per heavy atom. The molecule has 0 saturated heterocycles. The molecule has 0 aliphatic heterocycles. The van der Waals surface area contributed by atoms with Gasteiger partial charge in [0.05, 0.1) is 17.3 Å². The van der Waals surface area contributed by atoms with Crippen LogP contribution in [0.3, 0.4) is 0 Å². The Balaban J connectivity index is 2.20. The molecule has 116 valence electrons. The number of carbonyl (C=O) groups excluding carboxylic acids is 1. The summed E-state index contributed by atoms with van der Waals surface area (Å²) in [6.45, 7) is 4.06. The number of amides is 1. The monoisotopic (exact) mass is 309 g/mol. The maximum Gasteiger partial charge on any atom is 0.239 e. The molecule has 21 heavy (non-hydrogen) atoms. The topological polar surface area (TPSA) is 44.4 Å². The summed E-state index contributed by atoms with van der Waals surface area (Å²) < 4.78 is 0. The lowest BCUT2D eigenvalue weighted by Crippen LogP contribution is -2.37. The lowest BCUT2D eigenvalue weighted by molar-refractivity contribution is -0.119. The van der Waals surface area contributed by atoms with Gasteiger partial charge in [-0.15, -0.1) is 0 Å². The first kappa shape index (κ1) is 16.1. The van der Waals surface area contributed by atoms with Crippen LogP contribution in [0, 0.1) is 0 Å². The van der Waals surface area contributed by atoms with Crippen LogP contribution in [-0.4, -0.2) is 32.1 Å². The highest BCUT2D eigenvalue weighted by atomic mass is 35.5. The summed E-state index contributed by atoms with van der Waals surface area (Å²) in [7, 11) is 1.66. The predicted octanol–water partition coefficient (Wildman–Crippen LogP) is 2.55. The molecule has 0 atom stereocenters. The lowest BCUT2D eigenvalue weighted by atomic mass is 10.1. The first-order valence-corrected chi connectivity index (χ1v) is 7.99. The van der Waals surface area contributed by atoms with Gasteiger partial charge in [-0.2, -0.15) is 0 Å². The van der Waals surface area contributed by atoms with Crippen molar-refractivity contribution in [2.45, 2.75) is 38.8 Å². The van der Waals surface area contributed by atoms with E-state index in [-0.39, 0.29) is 5.91 Å². The maximum absolute atomic E-state index is 11.8. The number of rotatable bonds is 8. The van der Waals surface area contributed by atoms with Crippen LogP contribution in [0.5, 0.6) is 0 Å². The molecular formula is C16H24ClN3O. The fourth-order valence-corrected chi connectivity index (χ4v) is 2.70. The summed E-state index contributed by atoms with van der Waals surface area (Å²) in [5.41, 5.74) is 2.14. The minimum absolute atomic E-state index is 0.00414. The summed E-state index contributed by atoms with van der Waals surface area (Å²) >= 11 is 6.42. The summed E-state index contributed by atoms with van der Waals surface area (Å²) in [6, 6.07) is 6.60. The molecule has 0 spiro atoms. The molecule has 4 nitrogen and oxygen atoms in total. The minimum Gasteiger partial charge on any atom is -0.361 e. The maximum atomic E-state index is 11.8. The van der Waals surface area contributed by atoms with Gasteiger partial charge in [0, 0.05) is 26.2 Å². The second kappa shape index (κ2) is 7.66. The van der Waals surface area contributed by atoms with E-state index in [0.29, 0.717) is 17.6 Å². The molecule has 1 amide bonds. The second-order valence-corrected chi connectivity index (χ2v) is 5.90. The van der Waals surface area contributed by atoms with Crippen LogP contribution < -0.4 is 15.5 Å². The van der Waals surface area contributed by atoms with E-state index in [1.807, 2.05) is 12.1 Å². The fourth-order valence-electron chi connectivity index (χ4n) is 2.39. The smallest absolute Gasteiger partial charge is 0.239 e. The van der Waals surface area contributed by atoms with E-state index in [1.165, 1.54) is 12.8 Å². The van der Waals surface area contributed by atoms with E-state index in [4.69, 9.17) is 11.6 Å². The molecule has 0 aromatic heterocycles. The van der Waals surface area contributed by atoms with Crippen LogP contribution in [-0.2, 0) is 11.3 Å². The Labute approximate surface area is 131 Å². The second-order valence-electron chi connectivity index (χ2n) is 5.50. The normalized spacial score (nSPS) is 14.0. The Bertz CT molecular complexity index is 488. The van der Waals surface area contributed by atoms with E-state index in [1.54, 1.807) is 7.05 Å². The van der Waals surface area contributed by atoms with Crippen molar-refractivity contribution in [1.29, 1.82) is 0 Å². The zero-order chi connectivity index (χ0) is 15.2. The Hall–Kier alpha value is -1.26. The van der Waals surface area contributed by atoms with Crippen molar-refractivity contribution in [3.63, 3.8) is 0 Å². The molecule has 1 aliphatic carbocycles. The molecule has 0 radical (unpaired) electrons. The molecule has 1 aromatic carbocycles. The third-order valence-electron chi connectivity index (χ3n) is 3.65. The van der Waals surface area contributed by atoms with Crippen molar-refractivity contribution in [1.82, 2.24) is 10.6 Å². The average Bonchev–Trinajstić information content (AvgIpc) is 3.29. The number of hydrogen-bond donors (Lipinski definition) is 2. The number of hydrogen-bond acceptors (Lipinski definition) is 3. The van der Waals surface area contributed by atoms with Crippen LogP contribution in [0.25, 0.3) is 0 Å². The van der Waals surface area contributed by atoms with Crippen LogP contribution in [0.4, 0.5) is 5.69 Å². The lowest BCUT2D eigenvalue weighted by Gasteiger charge is -2.27. The summed E-state index contributed by atoms with van der Waals surface area (Å²) in [5.74, 6) is 0.00414. The molecule has 1 aromatic rings. The zero-order valence-electron chi connectivity index (χ0n) is 12.8. The predicted molar refractivity (Wildman–Crippen MR) is 87.9 cm³/mol. The van der Waals surface area contributed by atoms with E-state index < -0.39 is 0 Å². The molecule has 0 bridgehead atoms. The molecule has 2 N–H and O–H groups in total. The van der Waals surface area contributed by atoms with Crippen LogP contribution in [0.1, 0.15) is 31.7 Å². The standard InChI is InChI=1S/C16H24ClN3O/c1-3-9-20(11-15(21)18-2)16-12(5-4-6-14(16)17)10-19-13-7-8-13/h4-6,13,19H,3,7-11H2,1-2H3,(H,18,21). The molecule has 1 fully saturated rings. The SMILES string of the molecule is CCCN(CC(=O)NC)c1c(Cl)cccc1CNC1CC1. The quantitative estimate of drug-likeness (QED) is 0.775. The highest BCUT2D eigenvalue weighted by molar-refractivity contribution is 6.33. The molecule has 5 heteroatoms. The molecule has 0 heterocycles. The zero-order valence-corrected chi connectivity index (χ0v) is 13.5. The Kier molecular flexibility index (Phi) is 5.88. The minimum atomic E-state index is 0.00414. The van der Waals surface area contributed by atoms with Gasteiger partial charge in [0.1, 0.15) is 0 Å². The Morgan fingerprint density at radius 2 is 2.19 bits per heavy atom. The van der Waals surface area contributed by atoms with E-state index in [2.05, 4.69) is 28.5 Å². The van der Waals surface area contributed by atoms with Crippen molar-refractivity contribution in [3.8, 4) is 0 Å². The third-order valence-corrected chi connectivity index (χ3v) is 3.96. The Morgan fingerprint density at radius 1 is 1.43 bits per heavy atom. The highest BCUT2D eigenvalue weighted by Gasteiger charge is 2.22. The molecule has 2 rings (SSSR count). The van der Waals surface area contributed by atoms with E-state index in [0.717, 1.165) is 30.8 Å². The van der Waals surface area contributed by atoms with Gasteiger partial charge in [0.15, 0.2) is 0 Å². The van der Waals surface area contributed by atoms with Gasteiger partial charge in [-0.05, 0) is 30.9 Å². The molecule has 1 aliphatic rings. The van der Waals surface area contributed by atoms with Crippen molar-refractivity contribution in [2.24, 2.45) is 0 Å². The number of nitrogens with one attached hydrogen (secondary N) is 2. The van der Waals surface area contributed by atoms with Crippen molar-refractivity contribution in [2.75, 3.05) is 25.0 Å². The number of halogens is 1. The van der Waals surface area contributed by atoms with Gasteiger partial charge in [-0.3, -0.25) is 4.79 Å². The van der Waals surface area contributed by atoms with Crippen molar-refractivity contribution >= 4 is 23.2 Å². The number of benzene rings is 1. The van der Waals surface area contributed by atoms with Gasteiger partial charge in [0.2, 0.25) is 5.91 Å². The summed E-state index contributed by atoms with van der Waals surface area (Å²) in [5, 5.41) is 6.91. The highest BCUT2D eigenvalue weighted by Crippen LogP contribution is 2.31. The first-order valence-electron chi connectivity index (χ1n) is 7.62. The third kappa shape index (κ3) is 4.61. The number of para-hydroxylation sites is 1. The molecule has 1 saturated carbocycles. The van der Waals surface area contributed by atoms with E-state index in [9.17, 15) is 4.79 Å². The van der Waals surface area contributed by atoms with Gasteiger partial charge in [0.25, 0.3) is 0 Å². The van der Waals surface area contributed by atoms with Gasteiger partial charge < -0.3 is 15.5 Å². The van der Waals surface area contributed by atoms with Crippen molar-refractivity contribution in [3.05, 3.63) is 28.8 Å². The van der Waals surface area contributed by atoms with Gasteiger partial charge in [-0.25, -0.2) is 0 Å². The number of carbonyl (C=O) groups is 1. The van der Waals surface area contributed by atoms with Crippen molar-refractivity contribution < 1.29 is 4.79 Å². The van der Waals surface area contributed by atoms with Gasteiger partial charge >= 0.3 is 0 Å². The van der Waals surface area contributed by atoms with Crippen LogP contribution in [0.15, 0.2) is 18.2 Å². The van der Waals surface area contributed by atoms with Crippen LogP contribution >= 0.6 is 11.6 Å². The first-order chi connectivity index (χ1) is 10.2. The largest absolute Gasteiger partial charge is 0.361 e. The fraction of sp³-hybridized carbons (Fsp3) is 0.562. The average molecular weight is 310 g/mol. The van der Waals surface area contributed by atoms with Crippen LogP contribution in [0.2, 0.25) is 5.02 Å². The number of likely N-dealkylation sites (N-methyl/N-ethyl adjacent to an activating group) is 1. The number of anilines is 1. The van der Waals surface area contributed by atoms with Gasteiger partial charge in [-0.1, -0.05) is 30.7 Å². The molecule has 0 unspecified atom stereocenters.